The van der Waals surface area contributed by atoms with Gasteiger partial charge in [0.05, 0.1) is 5.41 Å². The number of carbonyl (C=O) groups excluding carboxylic acids is 1. The monoisotopic (exact) mass is 248 g/mol. The number of aliphatic carboxylic acids is 1. The van der Waals surface area contributed by atoms with Crippen LogP contribution < -0.4 is 10.6 Å². The van der Waals surface area contributed by atoms with Crippen LogP contribution in [0.2, 0.25) is 0 Å². The molecule has 0 aliphatic rings. The smallest absolute Gasteiger partial charge is 0.314 e. The molecule has 0 aliphatic carbocycles. The zero-order valence-electron chi connectivity index (χ0n) is 10.0. The Kier molecular flexibility index (Phi) is 6.96. The number of carboxylic acid groups (broad SMARTS) is 1. The lowest BCUT2D eigenvalue weighted by molar-refractivity contribution is -0.146. The van der Waals surface area contributed by atoms with Crippen molar-refractivity contribution in [2.75, 3.05) is 25.1 Å². The lowest BCUT2D eigenvalue weighted by Gasteiger charge is -2.19. The van der Waals surface area contributed by atoms with E-state index >= 15 is 0 Å². The zero-order valence-corrected chi connectivity index (χ0v) is 10.8. The number of urea groups is 1. The van der Waals surface area contributed by atoms with E-state index in [1.807, 2.05) is 6.26 Å². The van der Waals surface area contributed by atoms with Gasteiger partial charge >= 0.3 is 12.0 Å². The van der Waals surface area contributed by atoms with Crippen LogP contribution in [-0.2, 0) is 4.79 Å². The number of rotatable bonds is 7. The van der Waals surface area contributed by atoms with E-state index in [2.05, 4.69) is 10.6 Å². The Hall–Kier alpha value is -0.910. The van der Waals surface area contributed by atoms with Gasteiger partial charge in [-0.25, -0.2) is 4.79 Å². The van der Waals surface area contributed by atoms with Gasteiger partial charge in [-0.1, -0.05) is 0 Å². The highest BCUT2D eigenvalue weighted by molar-refractivity contribution is 7.98. The summed E-state index contributed by atoms with van der Waals surface area (Å²) >= 11 is 1.73. The molecule has 0 aromatic rings. The molecule has 0 radical (unpaired) electrons. The third kappa shape index (κ3) is 6.55. The quantitative estimate of drug-likeness (QED) is 0.591. The summed E-state index contributed by atoms with van der Waals surface area (Å²) in [7, 11) is 0. The summed E-state index contributed by atoms with van der Waals surface area (Å²) in [5.74, 6) is 0.0798. The van der Waals surface area contributed by atoms with Gasteiger partial charge in [0.2, 0.25) is 0 Å². The standard InChI is InChI=1S/C10H20N2O3S/c1-10(2,8(13)14)7-12-9(15)11-5-4-6-16-3/h4-7H2,1-3H3,(H,13,14)(H2,11,12,15). The van der Waals surface area contributed by atoms with Gasteiger partial charge in [-0.3, -0.25) is 4.79 Å². The van der Waals surface area contributed by atoms with Crippen molar-refractivity contribution in [1.82, 2.24) is 10.6 Å². The van der Waals surface area contributed by atoms with Gasteiger partial charge in [-0.2, -0.15) is 11.8 Å². The largest absolute Gasteiger partial charge is 0.481 e. The van der Waals surface area contributed by atoms with Crippen molar-refractivity contribution in [3.8, 4) is 0 Å². The number of hydrogen-bond donors (Lipinski definition) is 3. The lowest BCUT2D eigenvalue weighted by atomic mass is 9.94. The molecule has 94 valence electrons. The van der Waals surface area contributed by atoms with Crippen LogP contribution in [0.5, 0.6) is 0 Å². The summed E-state index contributed by atoms with van der Waals surface area (Å²) in [6.07, 6.45) is 2.92. The first-order valence-corrected chi connectivity index (χ1v) is 6.53. The SMILES string of the molecule is CSCCCNC(=O)NCC(C)(C)C(=O)O. The van der Waals surface area contributed by atoms with E-state index in [0.29, 0.717) is 6.54 Å². The molecular formula is C10H20N2O3S. The van der Waals surface area contributed by atoms with E-state index in [0.717, 1.165) is 12.2 Å². The topological polar surface area (TPSA) is 78.4 Å². The minimum Gasteiger partial charge on any atom is -0.481 e. The molecule has 0 spiro atoms. The van der Waals surface area contributed by atoms with Gasteiger partial charge < -0.3 is 15.7 Å². The fourth-order valence-corrected chi connectivity index (χ4v) is 1.29. The minimum absolute atomic E-state index is 0.122. The number of hydrogen-bond acceptors (Lipinski definition) is 3. The molecule has 0 fully saturated rings. The molecule has 2 amide bonds. The first-order chi connectivity index (χ1) is 7.40. The number of carboxylic acids is 1. The molecule has 0 heterocycles. The Bertz CT molecular complexity index is 244. The first-order valence-electron chi connectivity index (χ1n) is 5.14. The van der Waals surface area contributed by atoms with Gasteiger partial charge in [-0.05, 0) is 32.3 Å². The van der Waals surface area contributed by atoms with E-state index in [-0.39, 0.29) is 12.6 Å². The fourth-order valence-electron chi connectivity index (χ4n) is 0.858. The van der Waals surface area contributed by atoms with Crippen LogP contribution in [0.3, 0.4) is 0 Å². The maximum Gasteiger partial charge on any atom is 0.314 e. The predicted molar refractivity (Wildman–Crippen MR) is 65.8 cm³/mol. The average molecular weight is 248 g/mol. The van der Waals surface area contributed by atoms with Crippen LogP contribution in [0.25, 0.3) is 0 Å². The van der Waals surface area contributed by atoms with Crippen LogP contribution in [0, 0.1) is 5.41 Å². The Morgan fingerprint density at radius 3 is 2.44 bits per heavy atom. The molecule has 0 aromatic carbocycles. The first kappa shape index (κ1) is 15.1. The summed E-state index contributed by atoms with van der Waals surface area (Å²) in [5.41, 5.74) is -0.934. The summed E-state index contributed by atoms with van der Waals surface area (Å²) in [6.45, 7) is 3.88. The molecule has 3 N–H and O–H groups in total. The van der Waals surface area contributed by atoms with Crippen LogP contribution in [0.4, 0.5) is 4.79 Å². The van der Waals surface area contributed by atoms with Crippen LogP contribution in [-0.4, -0.2) is 42.2 Å². The molecule has 5 nitrogen and oxygen atoms in total. The van der Waals surface area contributed by atoms with E-state index in [1.54, 1.807) is 25.6 Å². The van der Waals surface area contributed by atoms with Crippen molar-refractivity contribution in [3.63, 3.8) is 0 Å². The fraction of sp³-hybridized carbons (Fsp3) is 0.800. The molecular weight excluding hydrogens is 228 g/mol. The number of nitrogens with one attached hydrogen (secondary N) is 2. The van der Waals surface area contributed by atoms with E-state index < -0.39 is 11.4 Å². The summed E-state index contributed by atoms with van der Waals surface area (Å²) in [5, 5.41) is 14.0. The molecule has 0 rings (SSSR count). The van der Waals surface area contributed by atoms with Crippen molar-refractivity contribution in [2.24, 2.45) is 5.41 Å². The molecule has 0 bridgehead atoms. The van der Waals surface area contributed by atoms with Gasteiger partial charge in [0.15, 0.2) is 0 Å². The Morgan fingerprint density at radius 2 is 1.94 bits per heavy atom. The second-order valence-corrected chi connectivity index (χ2v) is 5.13. The lowest BCUT2D eigenvalue weighted by Crippen LogP contribution is -2.43. The molecule has 16 heavy (non-hydrogen) atoms. The highest BCUT2D eigenvalue weighted by Crippen LogP contribution is 2.12. The third-order valence-electron chi connectivity index (χ3n) is 2.08. The van der Waals surface area contributed by atoms with Crippen LogP contribution >= 0.6 is 11.8 Å². The van der Waals surface area contributed by atoms with Crippen molar-refractivity contribution in [2.45, 2.75) is 20.3 Å². The summed E-state index contributed by atoms with van der Waals surface area (Å²) in [6, 6.07) is -0.310. The maximum absolute atomic E-state index is 11.3. The highest BCUT2D eigenvalue weighted by Gasteiger charge is 2.27. The van der Waals surface area contributed by atoms with Crippen molar-refractivity contribution >= 4 is 23.8 Å². The van der Waals surface area contributed by atoms with Crippen molar-refractivity contribution < 1.29 is 14.7 Å². The summed E-state index contributed by atoms with van der Waals surface area (Å²) < 4.78 is 0. The molecule has 0 atom stereocenters. The maximum atomic E-state index is 11.3. The van der Waals surface area contributed by atoms with Gasteiger partial charge in [0, 0.05) is 13.1 Å². The summed E-state index contributed by atoms with van der Waals surface area (Å²) in [4.78, 5) is 22.0. The predicted octanol–water partition coefficient (Wildman–Crippen LogP) is 1.15. The van der Waals surface area contributed by atoms with E-state index in [9.17, 15) is 9.59 Å². The van der Waals surface area contributed by atoms with Gasteiger partial charge in [-0.15, -0.1) is 0 Å². The van der Waals surface area contributed by atoms with E-state index in [4.69, 9.17) is 5.11 Å². The van der Waals surface area contributed by atoms with Gasteiger partial charge in [0.1, 0.15) is 0 Å². The zero-order chi connectivity index (χ0) is 12.6. The Morgan fingerprint density at radius 1 is 1.31 bits per heavy atom. The number of thioether (sulfide) groups is 1. The minimum atomic E-state index is -0.934. The Labute approximate surface area is 100 Å². The second kappa shape index (κ2) is 7.38. The number of amides is 2. The highest BCUT2D eigenvalue weighted by atomic mass is 32.2. The van der Waals surface area contributed by atoms with Crippen molar-refractivity contribution in [1.29, 1.82) is 0 Å². The van der Waals surface area contributed by atoms with Crippen LogP contribution in [0.15, 0.2) is 0 Å². The van der Waals surface area contributed by atoms with Gasteiger partial charge in [0.25, 0.3) is 0 Å². The normalized spacial score (nSPS) is 10.9. The molecule has 0 aromatic heterocycles. The number of carbonyl (C=O) groups is 2. The molecule has 0 saturated carbocycles. The molecule has 0 saturated heterocycles. The molecule has 0 unspecified atom stereocenters. The third-order valence-corrected chi connectivity index (χ3v) is 2.78. The average Bonchev–Trinajstić information content (AvgIpc) is 2.21. The Balaban J connectivity index is 3.69. The molecule has 0 aliphatic heterocycles. The molecule has 6 heteroatoms. The van der Waals surface area contributed by atoms with Crippen molar-refractivity contribution in [3.05, 3.63) is 0 Å². The van der Waals surface area contributed by atoms with Crippen LogP contribution in [0.1, 0.15) is 20.3 Å². The van der Waals surface area contributed by atoms with E-state index in [1.165, 1.54) is 0 Å². The second-order valence-electron chi connectivity index (χ2n) is 4.14.